The van der Waals surface area contributed by atoms with Crippen molar-refractivity contribution in [3.05, 3.63) is 36.5 Å². The van der Waals surface area contributed by atoms with Gasteiger partial charge in [0.25, 0.3) is 0 Å². The Labute approximate surface area is 289 Å². The Balaban J connectivity index is 4.59. The number of aliphatic hydroxyl groups excluding tert-OH is 1. The number of phosphoric ester groups is 1. The van der Waals surface area contributed by atoms with Crippen LogP contribution in [-0.2, 0) is 18.4 Å². The average Bonchev–Trinajstić information content (AvgIpc) is 3.01. The molecule has 0 saturated carbocycles. The SMILES string of the molecule is CCCCCCCCC/C=C/CC/C=C/CC/C=C/C(O)C(COP(=O)(O)OCC[N+](C)(C)C)NC(=O)CCCCCCCCCC. The lowest BCUT2D eigenvalue weighted by atomic mass is 10.1. The fraction of sp³-hybridized carbons (Fsp3) is 0.816. The molecule has 276 valence electrons. The van der Waals surface area contributed by atoms with Gasteiger partial charge in [-0.3, -0.25) is 13.8 Å². The zero-order valence-electron chi connectivity index (χ0n) is 31.0. The number of phosphoric acid groups is 1. The summed E-state index contributed by atoms with van der Waals surface area (Å²) in [7, 11) is 1.54. The number of carbonyl (C=O) groups is 1. The highest BCUT2D eigenvalue weighted by molar-refractivity contribution is 7.47. The van der Waals surface area contributed by atoms with Crippen molar-refractivity contribution in [1.82, 2.24) is 5.32 Å². The summed E-state index contributed by atoms with van der Waals surface area (Å²) < 4.78 is 23.4. The molecule has 0 fully saturated rings. The van der Waals surface area contributed by atoms with Gasteiger partial charge in [0.15, 0.2) is 0 Å². The third kappa shape index (κ3) is 33.0. The number of hydrogen-bond donors (Lipinski definition) is 3. The van der Waals surface area contributed by atoms with Crippen molar-refractivity contribution in [2.24, 2.45) is 0 Å². The quantitative estimate of drug-likeness (QED) is 0.0275. The Hall–Kier alpha value is -1.28. The van der Waals surface area contributed by atoms with Gasteiger partial charge in [0.1, 0.15) is 13.2 Å². The summed E-state index contributed by atoms with van der Waals surface area (Å²) in [5.74, 6) is -0.199. The smallest absolute Gasteiger partial charge is 0.387 e. The van der Waals surface area contributed by atoms with E-state index < -0.39 is 20.0 Å². The number of allylic oxidation sites excluding steroid dienone is 5. The number of likely N-dealkylation sites (N-methyl/N-ethyl adjacent to an activating group) is 1. The average molecular weight is 686 g/mol. The summed E-state index contributed by atoms with van der Waals surface area (Å²) in [4.78, 5) is 22.9. The van der Waals surface area contributed by atoms with E-state index in [2.05, 4.69) is 43.5 Å². The molecule has 8 nitrogen and oxygen atoms in total. The summed E-state index contributed by atoms with van der Waals surface area (Å²) in [5.41, 5.74) is 0. The van der Waals surface area contributed by atoms with E-state index in [1.54, 1.807) is 6.08 Å². The number of rotatable bonds is 33. The molecule has 47 heavy (non-hydrogen) atoms. The Bertz CT molecular complexity index is 871. The zero-order valence-corrected chi connectivity index (χ0v) is 31.9. The summed E-state index contributed by atoms with van der Waals surface area (Å²) in [6.07, 6.45) is 35.1. The second-order valence-corrected chi connectivity index (χ2v) is 15.4. The van der Waals surface area contributed by atoms with Crippen molar-refractivity contribution < 1.29 is 32.9 Å². The monoisotopic (exact) mass is 686 g/mol. The fourth-order valence-corrected chi connectivity index (χ4v) is 5.75. The maximum Gasteiger partial charge on any atom is 0.472 e. The van der Waals surface area contributed by atoms with Gasteiger partial charge in [0, 0.05) is 6.42 Å². The molecule has 0 bridgehead atoms. The first-order valence-electron chi connectivity index (χ1n) is 18.9. The summed E-state index contributed by atoms with van der Waals surface area (Å²) in [6, 6.07) is -0.862. The summed E-state index contributed by atoms with van der Waals surface area (Å²) in [5, 5.41) is 13.7. The van der Waals surface area contributed by atoms with Crippen LogP contribution in [-0.4, -0.2) is 73.4 Å². The van der Waals surface area contributed by atoms with E-state index in [0.717, 1.165) is 44.9 Å². The topological polar surface area (TPSA) is 105 Å². The van der Waals surface area contributed by atoms with Crippen LogP contribution in [0.25, 0.3) is 0 Å². The molecule has 1 amide bonds. The van der Waals surface area contributed by atoms with Crippen molar-refractivity contribution in [3.63, 3.8) is 0 Å². The van der Waals surface area contributed by atoms with Gasteiger partial charge in [0.05, 0.1) is 39.9 Å². The number of hydrogen-bond acceptors (Lipinski definition) is 5. The third-order valence-electron chi connectivity index (χ3n) is 8.09. The fourth-order valence-electron chi connectivity index (χ4n) is 5.01. The van der Waals surface area contributed by atoms with Gasteiger partial charge < -0.3 is 19.8 Å². The molecule has 3 unspecified atom stereocenters. The standard InChI is InChI=1S/C38H73N2O6P/c1-6-8-10-12-14-16-17-18-19-20-21-22-23-24-25-27-29-31-37(41)36(35-46-47(43,44)45-34-33-40(3,4)5)39-38(42)32-30-28-26-15-13-11-9-7-2/h19-20,23-24,29,31,36-37,41H,6-18,21-22,25-28,30,32-35H2,1-5H3,(H-,39,42,43,44)/p+1/b20-19+,24-23+,31-29+. The molecule has 0 aliphatic rings. The molecule has 0 rings (SSSR count). The molecule has 0 spiro atoms. The molecule has 0 aromatic rings. The summed E-state index contributed by atoms with van der Waals surface area (Å²) >= 11 is 0. The van der Waals surface area contributed by atoms with Gasteiger partial charge in [-0.1, -0.05) is 134 Å². The largest absolute Gasteiger partial charge is 0.472 e. The van der Waals surface area contributed by atoms with Crippen LogP contribution >= 0.6 is 7.82 Å². The lowest BCUT2D eigenvalue weighted by molar-refractivity contribution is -0.870. The first-order chi connectivity index (χ1) is 22.5. The lowest BCUT2D eigenvalue weighted by Gasteiger charge is -2.25. The second-order valence-electron chi connectivity index (χ2n) is 13.9. The maximum absolute atomic E-state index is 12.7. The molecule has 3 atom stereocenters. The Morgan fingerprint density at radius 3 is 1.70 bits per heavy atom. The predicted octanol–water partition coefficient (Wildman–Crippen LogP) is 9.57. The van der Waals surface area contributed by atoms with E-state index in [1.165, 1.54) is 83.5 Å². The molecular weight excluding hydrogens is 611 g/mol. The minimum atomic E-state index is -4.33. The number of nitrogens with one attached hydrogen (secondary N) is 1. The van der Waals surface area contributed by atoms with Crippen molar-refractivity contribution >= 4 is 13.7 Å². The van der Waals surface area contributed by atoms with Crippen LogP contribution in [0.2, 0.25) is 0 Å². The Morgan fingerprint density at radius 1 is 0.702 bits per heavy atom. The van der Waals surface area contributed by atoms with E-state index in [1.807, 2.05) is 27.2 Å². The molecule has 0 aliphatic carbocycles. The highest BCUT2D eigenvalue weighted by atomic mass is 31.2. The Morgan fingerprint density at radius 2 is 1.17 bits per heavy atom. The van der Waals surface area contributed by atoms with Crippen molar-refractivity contribution in [1.29, 1.82) is 0 Å². The van der Waals surface area contributed by atoms with Gasteiger partial charge >= 0.3 is 7.82 Å². The Kier molecular flexibility index (Phi) is 29.9. The van der Waals surface area contributed by atoms with Crippen LogP contribution in [0.5, 0.6) is 0 Å². The van der Waals surface area contributed by atoms with Crippen LogP contribution in [0.3, 0.4) is 0 Å². The predicted molar refractivity (Wildman–Crippen MR) is 198 cm³/mol. The number of quaternary nitrogens is 1. The molecule has 0 aromatic carbocycles. The molecular formula is C38H74N2O6P+. The van der Waals surface area contributed by atoms with Gasteiger partial charge in [-0.15, -0.1) is 0 Å². The highest BCUT2D eigenvalue weighted by Gasteiger charge is 2.27. The minimum Gasteiger partial charge on any atom is -0.387 e. The van der Waals surface area contributed by atoms with Gasteiger partial charge in [0.2, 0.25) is 5.91 Å². The van der Waals surface area contributed by atoms with Crippen LogP contribution in [0.15, 0.2) is 36.5 Å². The molecule has 0 aliphatic heterocycles. The van der Waals surface area contributed by atoms with E-state index in [9.17, 15) is 19.4 Å². The van der Waals surface area contributed by atoms with Crippen molar-refractivity contribution in [2.45, 2.75) is 161 Å². The normalized spacial score (nSPS) is 15.1. The third-order valence-corrected chi connectivity index (χ3v) is 9.07. The van der Waals surface area contributed by atoms with Crippen LogP contribution in [0.1, 0.15) is 149 Å². The molecule has 0 radical (unpaired) electrons. The van der Waals surface area contributed by atoms with Gasteiger partial charge in [-0.25, -0.2) is 4.57 Å². The first-order valence-corrected chi connectivity index (χ1v) is 20.4. The van der Waals surface area contributed by atoms with E-state index in [4.69, 9.17) is 9.05 Å². The van der Waals surface area contributed by atoms with E-state index in [-0.39, 0.29) is 19.1 Å². The minimum absolute atomic E-state index is 0.0538. The number of nitrogens with zero attached hydrogens (tertiary/aromatic N) is 1. The van der Waals surface area contributed by atoms with Crippen LogP contribution in [0, 0.1) is 0 Å². The van der Waals surface area contributed by atoms with Gasteiger partial charge in [-0.2, -0.15) is 0 Å². The lowest BCUT2D eigenvalue weighted by Crippen LogP contribution is -2.45. The number of aliphatic hydroxyl groups is 1. The maximum atomic E-state index is 12.7. The van der Waals surface area contributed by atoms with E-state index in [0.29, 0.717) is 17.4 Å². The molecule has 0 aromatic heterocycles. The molecule has 9 heteroatoms. The van der Waals surface area contributed by atoms with Gasteiger partial charge in [-0.05, 0) is 44.9 Å². The number of amides is 1. The molecule has 0 heterocycles. The number of unbranched alkanes of at least 4 members (excludes halogenated alkanes) is 16. The number of carbonyl (C=O) groups excluding carboxylic acids is 1. The summed E-state index contributed by atoms with van der Waals surface area (Å²) in [6.45, 7) is 4.71. The van der Waals surface area contributed by atoms with E-state index >= 15 is 0 Å². The van der Waals surface area contributed by atoms with Crippen LogP contribution in [0.4, 0.5) is 0 Å². The second kappa shape index (κ2) is 30.8. The van der Waals surface area contributed by atoms with Crippen molar-refractivity contribution in [3.8, 4) is 0 Å². The zero-order chi connectivity index (χ0) is 35.1. The molecule has 3 N–H and O–H groups in total. The first kappa shape index (κ1) is 45.7. The highest BCUT2D eigenvalue weighted by Crippen LogP contribution is 2.43. The molecule has 0 saturated heterocycles. The van der Waals surface area contributed by atoms with Crippen molar-refractivity contribution in [2.75, 3.05) is 40.9 Å². The van der Waals surface area contributed by atoms with Crippen LogP contribution < -0.4 is 5.32 Å².